The van der Waals surface area contributed by atoms with E-state index >= 15 is 0 Å². The molecule has 0 N–H and O–H groups in total. The Labute approximate surface area is 240 Å². The predicted molar refractivity (Wildman–Crippen MR) is 167 cm³/mol. The molecule has 8 rings (SSSR count). The zero-order valence-corrected chi connectivity index (χ0v) is 23.1. The molecule has 3 nitrogen and oxygen atoms in total. The summed E-state index contributed by atoms with van der Waals surface area (Å²) in [4.78, 5) is 15.0. The largest absolute Gasteiger partial charge is 0.208 e. The Morgan fingerprint density at radius 1 is 0.610 bits per heavy atom. The highest BCUT2D eigenvalue weighted by Crippen LogP contribution is 2.59. The first kappa shape index (κ1) is 24.0. The van der Waals surface area contributed by atoms with Gasteiger partial charge in [0.05, 0.1) is 0 Å². The molecule has 0 bridgehead atoms. The van der Waals surface area contributed by atoms with Gasteiger partial charge in [-0.05, 0) is 40.0 Å². The molecule has 1 heterocycles. The first-order valence-corrected chi connectivity index (χ1v) is 14.3. The summed E-state index contributed by atoms with van der Waals surface area (Å²) < 4.78 is 0. The molecule has 2 atom stereocenters. The highest BCUT2D eigenvalue weighted by Gasteiger charge is 2.47. The Morgan fingerprint density at radius 3 is 1.73 bits per heavy atom. The van der Waals surface area contributed by atoms with Crippen LogP contribution in [-0.4, -0.2) is 15.0 Å². The lowest BCUT2D eigenvalue weighted by Gasteiger charge is -2.32. The lowest BCUT2D eigenvalue weighted by atomic mass is 9.71. The van der Waals surface area contributed by atoms with Gasteiger partial charge in [0.25, 0.3) is 0 Å². The minimum Gasteiger partial charge on any atom is -0.208 e. The Balaban J connectivity index is 1.30. The maximum absolute atomic E-state index is 5.03. The van der Waals surface area contributed by atoms with Crippen LogP contribution < -0.4 is 0 Å². The monoisotopic (exact) mass is 527 g/mol. The number of allylic oxidation sites excluding steroid dienone is 5. The summed E-state index contributed by atoms with van der Waals surface area (Å²) >= 11 is 0. The molecule has 0 radical (unpaired) electrons. The minimum absolute atomic E-state index is 0.110. The number of hydrogen-bond acceptors (Lipinski definition) is 3. The molecule has 3 aliphatic rings. The van der Waals surface area contributed by atoms with Crippen LogP contribution in [0, 0.1) is 5.92 Å². The fourth-order valence-corrected chi connectivity index (χ4v) is 6.83. The summed E-state index contributed by atoms with van der Waals surface area (Å²) in [5.41, 5.74) is 11.1. The fraction of sp³-hybridized carbons (Fsp3) is 0.132. The second kappa shape index (κ2) is 9.07. The van der Waals surface area contributed by atoms with Crippen molar-refractivity contribution in [2.45, 2.75) is 25.2 Å². The average Bonchev–Trinajstić information content (AvgIpc) is 3.27. The van der Waals surface area contributed by atoms with Crippen LogP contribution >= 0.6 is 0 Å². The van der Waals surface area contributed by atoms with Gasteiger partial charge >= 0.3 is 0 Å². The molecule has 0 fully saturated rings. The van der Waals surface area contributed by atoms with Crippen molar-refractivity contribution in [1.82, 2.24) is 15.0 Å². The molecular formula is C38H29N3. The summed E-state index contributed by atoms with van der Waals surface area (Å²) in [5, 5.41) is 0. The third kappa shape index (κ3) is 3.84. The van der Waals surface area contributed by atoms with Gasteiger partial charge in [-0.2, -0.15) is 0 Å². The number of nitrogens with zero attached hydrogens (tertiary/aromatic N) is 3. The maximum Gasteiger partial charge on any atom is 0.164 e. The summed E-state index contributed by atoms with van der Waals surface area (Å²) in [7, 11) is 0. The second-order valence-electron chi connectivity index (χ2n) is 11.7. The van der Waals surface area contributed by atoms with Crippen LogP contribution in [0.4, 0.5) is 0 Å². The van der Waals surface area contributed by atoms with Crippen LogP contribution in [0.1, 0.15) is 42.0 Å². The van der Waals surface area contributed by atoms with E-state index in [4.69, 9.17) is 15.0 Å². The molecule has 3 aliphatic carbocycles. The van der Waals surface area contributed by atoms with Gasteiger partial charge in [-0.3, -0.25) is 0 Å². The molecule has 0 saturated heterocycles. The van der Waals surface area contributed by atoms with Gasteiger partial charge in [0.1, 0.15) is 0 Å². The third-order valence-electron chi connectivity index (χ3n) is 8.88. The van der Waals surface area contributed by atoms with E-state index in [-0.39, 0.29) is 5.41 Å². The van der Waals surface area contributed by atoms with E-state index in [1.807, 2.05) is 36.4 Å². The highest BCUT2D eigenvalue weighted by atomic mass is 15.0. The van der Waals surface area contributed by atoms with Gasteiger partial charge in [-0.25, -0.2) is 15.0 Å². The summed E-state index contributed by atoms with van der Waals surface area (Å²) in [6.07, 6.45) is 9.59. The fourth-order valence-electron chi connectivity index (χ4n) is 6.83. The van der Waals surface area contributed by atoms with Crippen LogP contribution in [0.25, 0.3) is 45.8 Å². The zero-order valence-electron chi connectivity index (χ0n) is 23.1. The van der Waals surface area contributed by atoms with Crippen molar-refractivity contribution in [3.63, 3.8) is 0 Å². The zero-order chi connectivity index (χ0) is 27.6. The first-order chi connectivity index (χ1) is 20.1. The van der Waals surface area contributed by atoms with Crippen LogP contribution in [0.2, 0.25) is 0 Å². The number of benzene rings is 4. The highest BCUT2D eigenvalue weighted by molar-refractivity contribution is 5.83. The van der Waals surface area contributed by atoms with E-state index in [1.54, 1.807) is 0 Å². The van der Waals surface area contributed by atoms with Gasteiger partial charge in [0.15, 0.2) is 17.5 Å². The minimum atomic E-state index is -0.110. The molecule has 3 heteroatoms. The maximum atomic E-state index is 5.03. The standard InChI is InChI=1S/C38H29N3/c1-38(2)31-22-29(24-12-6-3-7-13-24)20-27-18-19-28-21-30(23-32(38)34(28)33(27)31)37-40-35(25-14-8-4-9-15-25)39-36(41-37)26-16-10-5-11-17-26/h3-23,27,33H,1-2H3. The van der Waals surface area contributed by atoms with Crippen molar-refractivity contribution < 1.29 is 0 Å². The Kier molecular flexibility index (Phi) is 5.30. The normalized spacial score (nSPS) is 19.4. The Morgan fingerprint density at radius 2 is 1.15 bits per heavy atom. The van der Waals surface area contributed by atoms with E-state index in [0.717, 1.165) is 16.7 Å². The molecular weight excluding hydrogens is 498 g/mol. The van der Waals surface area contributed by atoms with E-state index < -0.39 is 0 Å². The molecule has 196 valence electrons. The van der Waals surface area contributed by atoms with Gasteiger partial charge in [-0.15, -0.1) is 0 Å². The van der Waals surface area contributed by atoms with Crippen LogP contribution in [0.3, 0.4) is 0 Å². The Bertz CT molecular complexity index is 1840. The average molecular weight is 528 g/mol. The summed E-state index contributed by atoms with van der Waals surface area (Å²) in [5.74, 6) is 2.81. The van der Waals surface area contributed by atoms with E-state index in [0.29, 0.717) is 29.3 Å². The molecule has 0 saturated carbocycles. The molecule has 5 aromatic rings. The topological polar surface area (TPSA) is 38.7 Å². The van der Waals surface area contributed by atoms with Crippen molar-refractivity contribution >= 4 is 11.6 Å². The molecule has 4 aromatic carbocycles. The van der Waals surface area contributed by atoms with Gasteiger partial charge in [0, 0.05) is 33.9 Å². The van der Waals surface area contributed by atoms with Crippen molar-refractivity contribution in [3.05, 3.63) is 149 Å². The molecule has 0 spiro atoms. The number of hydrogen-bond donors (Lipinski definition) is 0. The smallest absolute Gasteiger partial charge is 0.164 e. The van der Waals surface area contributed by atoms with Crippen molar-refractivity contribution in [3.8, 4) is 34.2 Å². The van der Waals surface area contributed by atoms with Gasteiger partial charge in [0.2, 0.25) is 0 Å². The van der Waals surface area contributed by atoms with Gasteiger partial charge < -0.3 is 0 Å². The lowest BCUT2D eigenvalue weighted by molar-refractivity contribution is 0.578. The summed E-state index contributed by atoms with van der Waals surface area (Å²) in [6.45, 7) is 4.75. The van der Waals surface area contributed by atoms with Crippen LogP contribution in [0.5, 0.6) is 0 Å². The predicted octanol–water partition coefficient (Wildman–Crippen LogP) is 8.91. The van der Waals surface area contributed by atoms with Crippen molar-refractivity contribution in [1.29, 1.82) is 0 Å². The lowest BCUT2D eigenvalue weighted by Crippen LogP contribution is -2.21. The molecule has 41 heavy (non-hydrogen) atoms. The molecule has 0 amide bonds. The Hall–Kier alpha value is -4.89. The molecule has 0 aliphatic heterocycles. The van der Waals surface area contributed by atoms with Gasteiger partial charge in [-0.1, -0.05) is 135 Å². The van der Waals surface area contributed by atoms with Crippen LogP contribution in [0.15, 0.2) is 127 Å². The van der Waals surface area contributed by atoms with Crippen molar-refractivity contribution in [2.24, 2.45) is 5.92 Å². The quantitative estimate of drug-likeness (QED) is 0.234. The second-order valence-corrected chi connectivity index (χ2v) is 11.7. The molecule has 1 aromatic heterocycles. The van der Waals surface area contributed by atoms with E-state index in [1.165, 1.54) is 33.4 Å². The summed E-state index contributed by atoms with van der Waals surface area (Å²) in [6, 6.07) is 35.7. The van der Waals surface area contributed by atoms with Crippen molar-refractivity contribution in [2.75, 3.05) is 0 Å². The van der Waals surface area contributed by atoms with E-state index in [9.17, 15) is 0 Å². The SMILES string of the molecule is CC1(C)C2=CC(c3ccccc3)=CC3C=Cc4cc(-c5nc(-c6ccccc6)nc(-c6ccccc6)n5)cc1c4C23. The first-order valence-electron chi connectivity index (χ1n) is 14.3. The number of aromatic nitrogens is 3. The third-order valence-corrected chi connectivity index (χ3v) is 8.88. The van der Waals surface area contributed by atoms with Crippen LogP contribution in [-0.2, 0) is 5.41 Å². The van der Waals surface area contributed by atoms with E-state index in [2.05, 4.69) is 105 Å². The number of rotatable bonds is 4. The molecule has 2 unspecified atom stereocenters.